The predicted molar refractivity (Wildman–Crippen MR) is 253 cm³/mol. The molecule has 3 fully saturated rings. The summed E-state index contributed by atoms with van der Waals surface area (Å²) in [6, 6.07) is 17.9. The average molecular weight is 900 g/mol. The number of para-hydroxylation sites is 1. The molecule has 3 amide bonds. The Balaban J connectivity index is 0.825. The van der Waals surface area contributed by atoms with E-state index in [4.69, 9.17) is 14.7 Å². The minimum absolute atomic E-state index is 0.135. The molecule has 4 aliphatic rings. The van der Waals surface area contributed by atoms with Crippen molar-refractivity contribution in [3.63, 3.8) is 0 Å². The van der Waals surface area contributed by atoms with Crippen LogP contribution >= 0.6 is 7.14 Å². The first-order valence-corrected chi connectivity index (χ1v) is 25.2. The molecule has 0 bridgehead atoms. The summed E-state index contributed by atoms with van der Waals surface area (Å²) in [6.07, 6.45) is 9.08. The molecule has 17 heteroatoms. The van der Waals surface area contributed by atoms with E-state index < -0.39 is 13.2 Å². The molecule has 4 aliphatic heterocycles. The van der Waals surface area contributed by atoms with Gasteiger partial charge in [-0.25, -0.2) is 4.98 Å². The van der Waals surface area contributed by atoms with Crippen molar-refractivity contribution in [1.29, 1.82) is 0 Å². The third-order valence-electron chi connectivity index (χ3n) is 13.3. The van der Waals surface area contributed by atoms with E-state index in [9.17, 15) is 18.9 Å². The minimum atomic E-state index is -2.60. The monoisotopic (exact) mass is 899 g/mol. The van der Waals surface area contributed by atoms with Gasteiger partial charge in [-0.3, -0.25) is 34.2 Å². The number of nitrogens with one attached hydrogen (secondary N) is 3. The summed E-state index contributed by atoms with van der Waals surface area (Å²) >= 11 is 0. The maximum absolute atomic E-state index is 13.3. The number of imide groups is 1. The van der Waals surface area contributed by atoms with E-state index in [0.29, 0.717) is 42.1 Å². The van der Waals surface area contributed by atoms with E-state index in [1.807, 2.05) is 49.6 Å². The molecule has 6 heterocycles. The molecule has 0 saturated carbocycles. The quantitative estimate of drug-likeness (QED) is 0.0969. The number of ether oxygens (including phenoxy) is 1. The zero-order chi connectivity index (χ0) is 45.4. The number of rotatable bonds is 13. The summed E-state index contributed by atoms with van der Waals surface area (Å²) in [4.78, 5) is 56.3. The second kappa shape index (κ2) is 18.4. The Kier molecular flexibility index (Phi) is 12.5. The molecular weight excluding hydrogens is 842 g/mol. The summed E-state index contributed by atoms with van der Waals surface area (Å²) in [5.41, 5.74) is 8.28. The first-order valence-electron chi connectivity index (χ1n) is 22.6. The van der Waals surface area contributed by atoms with Gasteiger partial charge in [0.2, 0.25) is 17.8 Å². The molecule has 3 N–H and O–H groups in total. The van der Waals surface area contributed by atoms with E-state index in [0.717, 1.165) is 98.4 Å². The smallest absolute Gasteiger partial charge is 0.255 e. The fourth-order valence-corrected chi connectivity index (χ4v) is 11.0. The molecule has 1 atom stereocenters. The number of carbonyl (C=O) groups excluding carboxylic acids is 3. The Bertz CT molecular complexity index is 2670. The van der Waals surface area contributed by atoms with Gasteiger partial charge in [0.25, 0.3) is 5.91 Å². The number of piperazine rings is 1. The second-order valence-electron chi connectivity index (χ2n) is 17.9. The van der Waals surface area contributed by atoms with E-state index in [1.54, 1.807) is 42.4 Å². The maximum Gasteiger partial charge on any atom is 0.255 e. The Morgan fingerprint density at radius 3 is 2.38 bits per heavy atom. The molecule has 340 valence electrons. The molecule has 65 heavy (non-hydrogen) atoms. The van der Waals surface area contributed by atoms with E-state index in [1.165, 1.54) is 16.8 Å². The number of piperidine rings is 2. The van der Waals surface area contributed by atoms with Crippen molar-refractivity contribution in [2.75, 3.05) is 75.2 Å². The molecule has 3 saturated heterocycles. The van der Waals surface area contributed by atoms with Crippen molar-refractivity contribution in [3.05, 3.63) is 95.4 Å². The van der Waals surface area contributed by atoms with Gasteiger partial charge in [0.15, 0.2) is 0 Å². The van der Waals surface area contributed by atoms with Crippen LogP contribution in [0.1, 0.15) is 59.7 Å². The van der Waals surface area contributed by atoms with Gasteiger partial charge in [-0.05, 0) is 80.0 Å². The predicted octanol–water partition coefficient (Wildman–Crippen LogP) is 5.73. The summed E-state index contributed by atoms with van der Waals surface area (Å²) in [5, 5.41) is 14.4. The summed E-state index contributed by atoms with van der Waals surface area (Å²) < 4.78 is 21.0. The van der Waals surface area contributed by atoms with Gasteiger partial charge in [-0.15, -0.1) is 0 Å². The number of hydrogen-bond acceptors (Lipinski definition) is 13. The van der Waals surface area contributed by atoms with Gasteiger partial charge in [-0.1, -0.05) is 31.2 Å². The molecule has 16 nitrogen and oxygen atoms in total. The lowest BCUT2D eigenvalue weighted by Crippen LogP contribution is -2.53. The number of carbonyl (C=O) groups is 3. The fourth-order valence-electron chi connectivity index (χ4n) is 9.81. The van der Waals surface area contributed by atoms with Crippen LogP contribution in [0.2, 0.25) is 0 Å². The molecular formula is C48H58N11O5P. The van der Waals surface area contributed by atoms with Crippen molar-refractivity contribution in [1.82, 2.24) is 39.8 Å². The Morgan fingerprint density at radius 1 is 0.892 bits per heavy atom. The molecule has 1 unspecified atom stereocenters. The van der Waals surface area contributed by atoms with Crippen molar-refractivity contribution < 1.29 is 23.7 Å². The van der Waals surface area contributed by atoms with Gasteiger partial charge >= 0.3 is 0 Å². The first-order chi connectivity index (χ1) is 31.3. The Labute approximate surface area is 380 Å². The number of nitrogens with zero attached hydrogens (tertiary/aromatic N) is 8. The van der Waals surface area contributed by atoms with Crippen LogP contribution in [-0.4, -0.2) is 124 Å². The van der Waals surface area contributed by atoms with E-state index in [2.05, 4.69) is 60.9 Å². The SMILES string of the molecule is CCc1cc(Nc2ncc(-c3cnn(C)c3)c(Nc3ccccc3P(C)(C)=O)n2)c(OC)cc1N1CCC(N2CCN(Cc3ccc4c(c3)CN(C3CCC(=O)NC3=O)C4=O)CC2)CC1. The van der Waals surface area contributed by atoms with Gasteiger partial charge in [0, 0.05) is 118 Å². The number of aryl methyl sites for hydroxylation is 2. The zero-order valence-corrected chi connectivity index (χ0v) is 38.7. The molecule has 0 radical (unpaired) electrons. The molecule has 9 rings (SSSR count). The molecule has 2 aromatic heterocycles. The van der Waals surface area contributed by atoms with Crippen LogP contribution in [0.25, 0.3) is 11.1 Å². The van der Waals surface area contributed by atoms with Crippen molar-refractivity contribution in [2.24, 2.45) is 7.05 Å². The number of aromatic nitrogens is 4. The van der Waals surface area contributed by atoms with Gasteiger partial charge in [0.1, 0.15) is 24.8 Å². The average Bonchev–Trinajstić information content (AvgIpc) is 3.88. The Hall–Kier alpha value is -6.09. The van der Waals surface area contributed by atoms with Gasteiger partial charge in [-0.2, -0.15) is 10.1 Å². The van der Waals surface area contributed by atoms with Crippen molar-refractivity contribution in [2.45, 2.75) is 64.2 Å². The van der Waals surface area contributed by atoms with Gasteiger partial charge in [0.05, 0.1) is 24.7 Å². The summed E-state index contributed by atoms with van der Waals surface area (Å²) in [5.74, 6) is 0.862. The minimum Gasteiger partial charge on any atom is -0.494 e. The van der Waals surface area contributed by atoms with Crippen molar-refractivity contribution >= 4 is 59.0 Å². The largest absolute Gasteiger partial charge is 0.494 e. The highest BCUT2D eigenvalue weighted by Gasteiger charge is 2.39. The third-order valence-corrected chi connectivity index (χ3v) is 14.8. The highest BCUT2D eigenvalue weighted by Crippen LogP contribution is 2.41. The number of benzene rings is 3. The topological polar surface area (TPSA) is 170 Å². The molecule has 3 aromatic carbocycles. The van der Waals surface area contributed by atoms with Crippen LogP contribution in [-0.2, 0) is 40.7 Å². The molecule has 0 aliphatic carbocycles. The van der Waals surface area contributed by atoms with Crippen LogP contribution in [0.15, 0.2) is 73.2 Å². The highest BCUT2D eigenvalue weighted by molar-refractivity contribution is 7.70. The Morgan fingerprint density at radius 2 is 1.68 bits per heavy atom. The maximum atomic E-state index is 13.3. The lowest BCUT2D eigenvalue weighted by Gasteiger charge is -2.43. The van der Waals surface area contributed by atoms with E-state index >= 15 is 0 Å². The van der Waals surface area contributed by atoms with Crippen LogP contribution in [0.3, 0.4) is 0 Å². The lowest BCUT2D eigenvalue weighted by molar-refractivity contribution is -0.136. The fraction of sp³-hybridized carbons (Fsp3) is 0.417. The highest BCUT2D eigenvalue weighted by atomic mass is 31.2. The molecule has 0 spiro atoms. The van der Waals surface area contributed by atoms with Crippen LogP contribution in [0.4, 0.5) is 28.8 Å². The number of hydrogen-bond donors (Lipinski definition) is 3. The van der Waals surface area contributed by atoms with Crippen LogP contribution in [0, 0.1) is 0 Å². The normalized spacial score (nSPS) is 18.8. The van der Waals surface area contributed by atoms with Gasteiger partial charge < -0.3 is 29.7 Å². The van der Waals surface area contributed by atoms with Crippen molar-refractivity contribution in [3.8, 4) is 16.9 Å². The van der Waals surface area contributed by atoms with E-state index in [-0.39, 0.29) is 24.1 Å². The third kappa shape index (κ3) is 9.38. The number of anilines is 5. The standard InChI is InChI=1S/C48H58N11O5P/c1-6-32-24-39(52-48-49-27-37(34-26-50-55(2)29-34)45(54-48)51-38-9-7-8-10-43(38)65(4,5)63)42(64-3)25-41(32)58-17-15-35(16-18-58)57-21-19-56(20-22-57)28-31-11-12-36-33(23-31)30-59(47(36)62)40-13-14-44(60)53-46(40)61/h7-12,23-27,29,35,40H,6,13-22,28,30H2,1-5H3,(H,53,60,61)(H2,49,51,52,54). The molecule has 5 aromatic rings. The number of fused-ring (bicyclic) bond motifs is 1. The van der Waals surface area contributed by atoms with Crippen LogP contribution in [0.5, 0.6) is 5.75 Å². The zero-order valence-electron chi connectivity index (χ0n) is 37.8. The lowest BCUT2D eigenvalue weighted by atomic mass is 9.99. The van der Waals surface area contributed by atoms with Crippen LogP contribution < -0.4 is 30.9 Å². The number of methoxy groups -OCH3 is 1. The first kappa shape index (κ1) is 44.1. The second-order valence-corrected chi connectivity index (χ2v) is 21.1. The number of amides is 3. The summed E-state index contributed by atoms with van der Waals surface area (Å²) in [7, 11) is 0.960. The summed E-state index contributed by atoms with van der Waals surface area (Å²) in [6.45, 7) is 12.8.